The molecule has 1 amide bonds. The van der Waals surface area contributed by atoms with E-state index in [0.717, 1.165) is 0 Å². The fourth-order valence-corrected chi connectivity index (χ4v) is 3.94. The number of nitrogens with one attached hydrogen (secondary N) is 1. The number of nitrogen functional groups attached to an aromatic ring is 1. The van der Waals surface area contributed by atoms with Gasteiger partial charge in [0.2, 0.25) is 16.0 Å². The Kier molecular flexibility index (Phi) is 4.65. The molecule has 136 valence electrons. The van der Waals surface area contributed by atoms with E-state index in [0.29, 0.717) is 55.2 Å². The molecule has 0 atom stereocenters. The van der Waals surface area contributed by atoms with E-state index in [4.69, 9.17) is 5.73 Å². The van der Waals surface area contributed by atoms with Gasteiger partial charge < -0.3 is 11.1 Å². The van der Waals surface area contributed by atoms with Gasteiger partial charge in [0.1, 0.15) is 5.52 Å². The third kappa shape index (κ3) is 3.59. The summed E-state index contributed by atoms with van der Waals surface area (Å²) in [4.78, 5) is 21.0. The maximum atomic E-state index is 12.4. The van der Waals surface area contributed by atoms with E-state index in [1.165, 1.54) is 16.8 Å². The van der Waals surface area contributed by atoms with Crippen LogP contribution < -0.4 is 11.1 Å². The molecule has 10 heteroatoms. The molecule has 0 aliphatic carbocycles. The van der Waals surface area contributed by atoms with Crippen LogP contribution in [0.1, 0.15) is 30.1 Å². The van der Waals surface area contributed by atoms with Crippen molar-refractivity contribution in [3.05, 3.63) is 17.8 Å². The van der Waals surface area contributed by atoms with Crippen LogP contribution in [0.2, 0.25) is 0 Å². The lowest BCUT2D eigenvalue weighted by atomic mass is 10.1. The molecular formula is C15H22N6O3S. The van der Waals surface area contributed by atoms with Crippen molar-refractivity contribution in [2.45, 2.75) is 32.4 Å². The zero-order chi connectivity index (χ0) is 18.2. The van der Waals surface area contributed by atoms with Gasteiger partial charge >= 0.3 is 0 Å². The van der Waals surface area contributed by atoms with Crippen LogP contribution in [0.15, 0.2) is 12.3 Å². The van der Waals surface area contributed by atoms with Gasteiger partial charge in [-0.2, -0.15) is 0 Å². The van der Waals surface area contributed by atoms with Gasteiger partial charge in [0.05, 0.1) is 11.8 Å². The van der Waals surface area contributed by atoms with Crippen molar-refractivity contribution in [2.24, 2.45) is 0 Å². The van der Waals surface area contributed by atoms with Crippen molar-refractivity contribution < 1.29 is 13.2 Å². The van der Waals surface area contributed by atoms with Gasteiger partial charge in [-0.3, -0.25) is 9.36 Å². The van der Waals surface area contributed by atoms with Gasteiger partial charge in [-0.05, 0) is 25.8 Å². The molecule has 25 heavy (non-hydrogen) atoms. The van der Waals surface area contributed by atoms with Crippen LogP contribution in [0.5, 0.6) is 0 Å². The number of anilines is 1. The van der Waals surface area contributed by atoms with Crippen LogP contribution >= 0.6 is 0 Å². The predicted octanol–water partition coefficient (Wildman–Crippen LogP) is 0.187. The summed E-state index contributed by atoms with van der Waals surface area (Å²) >= 11 is 0. The van der Waals surface area contributed by atoms with Crippen LogP contribution in [0, 0.1) is 0 Å². The molecule has 3 N–H and O–H groups in total. The van der Waals surface area contributed by atoms with Gasteiger partial charge in [0.25, 0.3) is 5.91 Å². The number of amides is 1. The summed E-state index contributed by atoms with van der Waals surface area (Å²) in [5.74, 6) is 0.132. The second kappa shape index (κ2) is 6.60. The molecule has 0 radical (unpaired) electrons. The standard InChI is InChI=1S/C15H22N6O3S/c1-3-21-13-12(19-15(21)16)8-10(9-17-13)14(22)18-11-4-6-20(7-5-11)25(2,23)24/h8-9,11H,3-7H2,1-2H3,(H2,16,19)(H,18,22). The van der Waals surface area contributed by atoms with E-state index in [9.17, 15) is 13.2 Å². The second-order valence-corrected chi connectivity index (χ2v) is 8.17. The zero-order valence-corrected chi connectivity index (χ0v) is 15.1. The number of aromatic nitrogens is 3. The first-order valence-electron chi connectivity index (χ1n) is 8.17. The normalized spacial score (nSPS) is 17.0. The molecule has 0 bridgehead atoms. The predicted molar refractivity (Wildman–Crippen MR) is 94.5 cm³/mol. The number of fused-ring (bicyclic) bond motifs is 1. The quantitative estimate of drug-likeness (QED) is 0.796. The lowest BCUT2D eigenvalue weighted by Crippen LogP contribution is -2.46. The number of hydrogen-bond acceptors (Lipinski definition) is 6. The van der Waals surface area contributed by atoms with Crippen molar-refractivity contribution in [1.82, 2.24) is 24.2 Å². The van der Waals surface area contributed by atoms with Crippen LogP contribution in [-0.4, -0.2) is 58.6 Å². The number of carbonyl (C=O) groups excluding carboxylic acids is 1. The number of imidazole rings is 1. The third-order valence-corrected chi connectivity index (χ3v) is 5.75. The largest absolute Gasteiger partial charge is 0.369 e. The molecular weight excluding hydrogens is 344 g/mol. The third-order valence-electron chi connectivity index (χ3n) is 4.45. The van der Waals surface area contributed by atoms with E-state index in [1.807, 2.05) is 6.92 Å². The minimum absolute atomic E-state index is 0.0561. The fraction of sp³-hybridized carbons (Fsp3) is 0.533. The molecule has 0 spiro atoms. The van der Waals surface area contributed by atoms with E-state index in [1.54, 1.807) is 10.6 Å². The van der Waals surface area contributed by atoms with Crippen molar-refractivity contribution in [2.75, 3.05) is 25.1 Å². The van der Waals surface area contributed by atoms with Crippen LogP contribution in [0.25, 0.3) is 11.2 Å². The Morgan fingerprint density at radius 2 is 2.08 bits per heavy atom. The van der Waals surface area contributed by atoms with E-state index in [2.05, 4.69) is 15.3 Å². The van der Waals surface area contributed by atoms with Crippen LogP contribution in [0.3, 0.4) is 0 Å². The van der Waals surface area contributed by atoms with Gasteiger partial charge in [-0.1, -0.05) is 0 Å². The summed E-state index contributed by atoms with van der Waals surface area (Å²) in [5, 5.41) is 2.94. The van der Waals surface area contributed by atoms with Gasteiger partial charge in [0.15, 0.2) is 5.65 Å². The Labute approximate surface area is 146 Å². The number of pyridine rings is 1. The summed E-state index contributed by atoms with van der Waals surface area (Å²) in [5.41, 5.74) is 7.49. The van der Waals surface area contributed by atoms with Crippen LogP contribution in [0.4, 0.5) is 5.95 Å². The summed E-state index contributed by atoms with van der Waals surface area (Å²) in [6.45, 7) is 3.43. The van der Waals surface area contributed by atoms with Gasteiger partial charge in [-0.25, -0.2) is 22.7 Å². The lowest BCUT2D eigenvalue weighted by molar-refractivity contribution is 0.0923. The molecule has 1 aliphatic rings. The number of carbonyl (C=O) groups is 1. The number of rotatable bonds is 4. The molecule has 0 aromatic carbocycles. The summed E-state index contributed by atoms with van der Waals surface area (Å²) in [6.07, 6.45) is 3.89. The monoisotopic (exact) mass is 366 g/mol. The summed E-state index contributed by atoms with van der Waals surface area (Å²) in [6, 6.07) is 1.62. The first kappa shape index (κ1) is 17.6. The highest BCUT2D eigenvalue weighted by atomic mass is 32.2. The SMILES string of the molecule is CCn1c(N)nc2cc(C(=O)NC3CCN(S(C)(=O)=O)CC3)cnc21. The Hall–Kier alpha value is -2.20. The Balaban J connectivity index is 1.69. The molecule has 1 fully saturated rings. The minimum atomic E-state index is -3.17. The minimum Gasteiger partial charge on any atom is -0.369 e. The zero-order valence-electron chi connectivity index (χ0n) is 14.3. The Morgan fingerprint density at radius 1 is 1.40 bits per heavy atom. The average Bonchev–Trinajstić information content (AvgIpc) is 2.88. The number of piperidine rings is 1. The Morgan fingerprint density at radius 3 is 2.68 bits per heavy atom. The maximum Gasteiger partial charge on any atom is 0.253 e. The average molecular weight is 366 g/mol. The fourth-order valence-electron chi connectivity index (χ4n) is 3.06. The second-order valence-electron chi connectivity index (χ2n) is 6.19. The van der Waals surface area contributed by atoms with E-state index < -0.39 is 10.0 Å². The molecule has 3 heterocycles. The smallest absolute Gasteiger partial charge is 0.253 e. The van der Waals surface area contributed by atoms with Crippen molar-refractivity contribution in [3.8, 4) is 0 Å². The molecule has 3 rings (SSSR count). The van der Waals surface area contributed by atoms with Crippen molar-refractivity contribution in [1.29, 1.82) is 0 Å². The number of hydrogen-bond donors (Lipinski definition) is 2. The summed E-state index contributed by atoms with van der Waals surface area (Å²) in [7, 11) is -3.17. The number of nitrogens with zero attached hydrogens (tertiary/aromatic N) is 4. The summed E-state index contributed by atoms with van der Waals surface area (Å²) < 4.78 is 26.3. The highest BCUT2D eigenvalue weighted by molar-refractivity contribution is 7.88. The van der Waals surface area contributed by atoms with Gasteiger partial charge in [-0.15, -0.1) is 0 Å². The number of aryl methyl sites for hydroxylation is 1. The molecule has 9 nitrogen and oxygen atoms in total. The Bertz CT molecular complexity index is 899. The molecule has 0 saturated carbocycles. The molecule has 1 saturated heterocycles. The number of nitrogens with two attached hydrogens (primary N) is 1. The first-order chi connectivity index (χ1) is 11.8. The van der Waals surface area contributed by atoms with Crippen molar-refractivity contribution >= 4 is 33.0 Å². The highest BCUT2D eigenvalue weighted by Crippen LogP contribution is 2.18. The topological polar surface area (TPSA) is 123 Å². The molecule has 2 aromatic rings. The van der Waals surface area contributed by atoms with Crippen molar-refractivity contribution in [3.63, 3.8) is 0 Å². The number of sulfonamides is 1. The molecule has 1 aliphatic heterocycles. The van der Waals surface area contributed by atoms with Gasteiger partial charge in [0, 0.05) is 31.9 Å². The molecule has 2 aromatic heterocycles. The highest BCUT2D eigenvalue weighted by Gasteiger charge is 2.26. The van der Waals surface area contributed by atoms with E-state index >= 15 is 0 Å². The molecule has 0 unspecified atom stereocenters. The van der Waals surface area contributed by atoms with Crippen LogP contribution in [-0.2, 0) is 16.6 Å². The van der Waals surface area contributed by atoms with E-state index in [-0.39, 0.29) is 11.9 Å². The first-order valence-corrected chi connectivity index (χ1v) is 10.0. The maximum absolute atomic E-state index is 12.4. The lowest BCUT2D eigenvalue weighted by Gasteiger charge is -2.30.